The van der Waals surface area contributed by atoms with Crippen molar-refractivity contribution < 1.29 is 10.3 Å². The molecule has 2 aromatic rings. The summed E-state index contributed by atoms with van der Waals surface area (Å²) in [5.74, 6) is 0.567. The number of aromatic hydroxyl groups is 1. The first-order chi connectivity index (χ1) is 11.7. The van der Waals surface area contributed by atoms with Crippen LogP contribution in [0.3, 0.4) is 0 Å². The molecule has 0 aromatic heterocycles. The summed E-state index contributed by atoms with van der Waals surface area (Å²) in [4.78, 5) is 0. The van der Waals surface area contributed by atoms with E-state index in [1.54, 1.807) is 6.07 Å². The molecule has 2 N–H and O–H groups in total. The quantitative estimate of drug-likeness (QED) is 0.283. The summed E-state index contributed by atoms with van der Waals surface area (Å²) in [6.45, 7) is 4.41. The number of hydrogen-bond donors (Lipinski definition) is 2. The van der Waals surface area contributed by atoms with E-state index in [1.807, 2.05) is 42.5 Å². The van der Waals surface area contributed by atoms with E-state index in [-0.39, 0.29) is 5.75 Å². The molecule has 3 heteroatoms. The molecule has 128 valence electrons. The smallest absolute Gasteiger partial charge is 0.125 e. The van der Waals surface area contributed by atoms with Crippen LogP contribution in [0.2, 0.25) is 0 Å². The van der Waals surface area contributed by atoms with E-state index in [0.717, 1.165) is 17.5 Å². The molecule has 0 amide bonds. The zero-order chi connectivity index (χ0) is 17.4. The van der Waals surface area contributed by atoms with Crippen molar-refractivity contribution in [3.63, 3.8) is 0 Å². The Labute approximate surface area is 144 Å². The Balaban J connectivity index is 2.14. The molecule has 0 saturated heterocycles. The van der Waals surface area contributed by atoms with Crippen LogP contribution >= 0.6 is 0 Å². The predicted molar refractivity (Wildman–Crippen MR) is 99.1 cm³/mol. The van der Waals surface area contributed by atoms with E-state index in [0.29, 0.717) is 17.2 Å². The van der Waals surface area contributed by atoms with Crippen LogP contribution in [0.5, 0.6) is 5.75 Å². The van der Waals surface area contributed by atoms with Crippen molar-refractivity contribution in [2.75, 3.05) is 0 Å². The number of rotatable bonds is 8. The molecule has 3 nitrogen and oxygen atoms in total. The average molecular weight is 325 g/mol. The molecular weight excluding hydrogens is 298 g/mol. The van der Waals surface area contributed by atoms with Crippen molar-refractivity contribution in [1.82, 2.24) is 0 Å². The lowest BCUT2D eigenvalue weighted by atomic mass is 9.92. The van der Waals surface area contributed by atoms with Gasteiger partial charge in [0.05, 0.1) is 0 Å². The van der Waals surface area contributed by atoms with Crippen molar-refractivity contribution >= 4 is 5.71 Å². The molecule has 0 aliphatic carbocycles. The Morgan fingerprint density at radius 1 is 1.04 bits per heavy atom. The van der Waals surface area contributed by atoms with Crippen molar-refractivity contribution in [2.24, 2.45) is 5.16 Å². The monoisotopic (exact) mass is 325 g/mol. The average Bonchev–Trinajstić information content (AvgIpc) is 2.61. The van der Waals surface area contributed by atoms with Gasteiger partial charge in [0.25, 0.3) is 0 Å². The molecule has 1 unspecified atom stereocenters. The second kappa shape index (κ2) is 9.11. The summed E-state index contributed by atoms with van der Waals surface area (Å²) >= 11 is 0. The maximum absolute atomic E-state index is 10.4. The van der Waals surface area contributed by atoms with Crippen LogP contribution in [0.25, 0.3) is 0 Å². The Kier molecular flexibility index (Phi) is 6.86. The first-order valence-electron chi connectivity index (χ1n) is 8.78. The maximum Gasteiger partial charge on any atom is 0.125 e. The second-order valence-electron chi connectivity index (χ2n) is 6.34. The molecular formula is C21H27NO2. The molecule has 1 atom stereocenters. The largest absolute Gasteiger partial charge is 0.507 e. The minimum atomic E-state index is 0.157. The third kappa shape index (κ3) is 4.60. The molecule has 0 radical (unpaired) electrons. The van der Waals surface area contributed by atoms with Gasteiger partial charge in [0, 0.05) is 11.1 Å². The molecule has 0 saturated carbocycles. The van der Waals surface area contributed by atoms with Gasteiger partial charge in [-0.15, -0.1) is 0 Å². The topological polar surface area (TPSA) is 52.8 Å². The van der Waals surface area contributed by atoms with Crippen LogP contribution in [0, 0.1) is 0 Å². The molecule has 0 bridgehead atoms. The third-order valence-corrected chi connectivity index (χ3v) is 4.48. The van der Waals surface area contributed by atoms with E-state index in [4.69, 9.17) is 0 Å². The van der Waals surface area contributed by atoms with Gasteiger partial charge in [-0.05, 0) is 30.0 Å². The summed E-state index contributed by atoms with van der Waals surface area (Å²) in [6.07, 6.45) is 6.13. The van der Waals surface area contributed by atoms with Crippen LogP contribution in [0.1, 0.15) is 68.6 Å². The van der Waals surface area contributed by atoms with Crippen LogP contribution in [0.4, 0.5) is 0 Å². The Bertz CT molecular complexity index is 665. The highest BCUT2D eigenvalue weighted by atomic mass is 16.4. The van der Waals surface area contributed by atoms with Gasteiger partial charge in [0.2, 0.25) is 0 Å². The van der Waals surface area contributed by atoms with Gasteiger partial charge in [0.15, 0.2) is 0 Å². The first kappa shape index (κ1) is 18.1. The van der Waals surface area contributed by atoms with E-state index >= 15 is 0 Å². The van der Waals surface area contributed by atoms with Gasteiger partial charge in [-0.25, -0.2) is 0 Å². The second-order valence-corrected chi connectivity index (χ2v) is 6.34. The first-order valence-corrected chi connectivity index (χ1v) is 8.78. The van der Waals surface area contributed by atoms with Gasteiger partial charge in [-0.1, -0.05) is 81.1 Å². The lowest BCUT2D eigenvalue weighted by Gasteiger charge is -2.14. The van der Waals surface area contributed by atoms with Crippen molar-refractivity contribution in [2.45, 2.75) is 51.9 Å². The molecule has 0 aliphatic rings. The Hall–Kier alpha value is -2.29. The van der Waals surface area contributed by atoms with E-state index in [1.165, 1.54) is 25.7 Å². The molecule has 0 fully saturated rings. The molecule has 2 aromatic carbocycles. The normalized spacial score (nSPS) is 13.0. The minimum Gasteiger partial charge on any atom is -0.507 e. The Morgan fingerprint density at radius 3 is 2.42 bits per heavy atom. The summed E-state index contributed by atoms with van der Waals surface area (Å²) in [5.41, 5.74) is 2.83. The van der Waals surface area contributed by atoms with Gasteiger partial charge in [-0.3, -0.25) is 0 Å². The summed E-state index contributed by atoms with van der Waals surface area (Å²) < 4.78 is 0. The fraction of sp³-hybridized carbons (Fsp3) is 0.381. The van der Waals surface area contributed by atoms with Crippen molar-refractivity contribution in [3.8, 4) is 5.75 Å². The molecule has 2 rings (SSSR count). The fourth-order valence-corrected chi connectivity index (χ4v) is 2.96. The van der Waals surface area contributed by atoms with E-state index < -0.39 is 0 Å². The Morgan fingerprint density at radius 2 is 1.79 bits per heavy atom. The van der Waals surface area contributed by atoms with Crippen LogP contribution in [-0.2, 0) is 0 Å². The highest BCUT2D eigenvalue weighted by Crippen LogP contribution is 2.29. The standard InChI is InChI=1S/C21H27NO2/c1-3-4-5-7-10-16(2)18-13-14-19(20(23)15-18)21(22-24)17-11-8-6-9-12-17/h6,8-9,11-16,23-24H,3-5,7,10H2,1-2H3. The summed E-state index contributed by atoms with van der Waals surface area (Å²) in [7, 11) is 0. The third-order valence-electron chi connectivity index (χ3n) is 4.48. The SMILES string of the molecule is CCCCCCC(C)c1ccc(C(=NO)c2ccccc2)c(O)c1. The zero-order valence-corrected chi connectivity index (χ0v) is 14.6. The van der Waals surface area contributed by atoms with Gasteiger partial charge < -0.3 is 10.3 Å². The molecule has 0 heterocycles. The van der Waals surface area contributed by atoms with E-state index in [9.17, 15) is 10.3 Å². The minimum absolute atomic E-state index is 0.157. The maximum atomic E-state index is 10.4. The van der Waals surface area contributed by atoms with Gasteiger partial charge in [-0.2, -0.15) is 0 Å². The van der Waals surface area contributed by atoms with Crippen LogP contribution in [0.15, 0.2) is 53.7 Å². The van der Waals surface area contributed by atoms with Crippen LogP contribution in [-0.4, -0.2) is 16.0 Å². The number of phenols is 1. The van der Waals surface area contributed by atoms with Gasteiger partial charge >= 0.3 is 0 Å². The number of oxime groups is 1. The summed E-state index contributed by atoms with van der Waals surface area (Å²) in [6, 6.07) is 15.0. The predicted octanol–water partition coefficient (Wildman–Crippen LogP) is 5.69. The highest BCUT2D eigenvalue weighted by Gasteiger charge is 2.14. The highest BCUT2D eigenvalue weighted by molar-refractivity contribution is 6.14. The molecule has 0 aliphatic heterocycles. The number of phenolic OH excluding ortho intramolecular Hbond substituents is 1. The molecule has 0 spiro atoms. The van der Waals surface area contributed by atoms with E-state index in [2.05, 4.69) is 19.0 Å². The number of benzene rings is 2. The summed E-state index contributed by atoms with van der Waals surface area (Å²) in [5, 5.41) is 23.2. The number of unbranched alkanes of at least 4 members (excludes halogenated alkanes) is 3. The van der Waals surface area contributed by atoms with Gasteiger partial charge in [0.1, 0.15) is 11.5 Å². The lowest BCUT2D eigenvalue weighted by Crippen LogP contribution is -2.04. The van der Waals surface area contributed by atoms with Crippen molar-refractivity contribution in [1.29, 1.82) is 0 Å². The number of hydrogen-bond acceptors (Lipinski definition) is 3. The van der Waals surface area contributed by atoms with Crippen LogP contribution < -0.4 is 0 Å². The fourth-order valence-electron chi connectivity index (χ4n) is 2.96. The zero-order valence-electron chi connectivity index (χ0n) is 14.6. The molecule has 24 heavy (non-hydrogen) atoms. The number of nitrogens with zero attached hydrogens (tertiary/aromatic N) is 1. The van der Waals surface area contributed by atoms with Crippen molar-refractivity contribution in [3.05, 3.63) is 65.2 Å². The lowest BCUT2D eigenvalue weighted by molar-refractivity contribution is 0.319.